The van der Waals surface area contributed by atoms with Crippen LogP contribution in [0.5, 0.6) is 0 Å². The van der Waals surface area contributed by atoms with Gasteiger partial charge in [-0.15, -0.1) is 0 Å². The Morgan fingerprint density at radius 1 is 0.222 bits per heavy atom. The van der Waals surface area contributed by atoms with Crippen LogP contribution < -0.4 is 0 Å². The van der Waals surface area contributed by atoms with Gasteiger partial charge in [-0.25, -0.2) is 4.98 Å². The predicted octanol–water partition coefficient (Wildman–Crippen LogP) is 14.7. The van der Waals surface area contributed by atoms with E-state index >= 15 is 0 Å². The number of hydrogen-bond acceptors (Lipinski definition) is 1. The number of fused-ring (bicyclic) bond motifs is 12. The van der Waals surface area contributed by atoms with Crippen molar-refractivity contribution in [2.24, 2.45) is 0 Å². The Morgan fingerprint density at radius 3 is 1.20 bits per heavy atom. The molecule has 0 atom stereocenters. The van der Waals surface area contributed by atoms with Gasteiger partial charge in [-0.2, -0.15) is 0 Å². The SMILES string of the molecule is c1ccc(-c2cc(-c3ccccc3)nc(-c3cc(-c4ccc5c6ccccc6c6ccccc6c5c4)c4c5ccccc5c5ccccc5c4c3)c2)cc1. The summed E-state index contributed by atoms with van der Waals surface area (Å²) in [5.41, 5.74) is 8.82. The molecule has 0 saturated carbocycles. The fourth-order valence-corrected chi connectivity index (χ4v) is 8.72. The van der Waals surface area contributed by atoms with E-state index in [1.165, 1.54) is 81.3 Å². The van der Waals surface area contributed by atoms with Gasteiger partial charge in [0.2, 0.25) is 0 Å². The third-order valence-corrected chi connectivity index (χ3v) is 11.2. The van der Waals surface area contributed by atoms with Crippen LogP contribution in [-0.4, -0.2) is 4.98 Å². The molecule has 0 saturated heterocycles. The van der Waals surface area contributed by atoms with Crippen molar-refractivity contribution in [2.45, 2.75) is 0 Å². The maximum atomic E-state index is 5.41. The summed E-state index contributed by atoms with van der Waals surface area (Å²) in [7, 11) is 0. The van der Waals surface area contributed by atoms with E-state index in [4.69, 9.17) is 4.98 Å². The molecular weight excluding hydrogens is 651 g/mol. The van der Waals surface area contributed by atoms with Crippen LogP contribution in [0.4, 0.5) is 0 Å². The lowest BCUT2D eigenvalue weighted by Gasteiger charge is -2.18. The summed E-state index contributed by atoms with van der Waals surface area (Å²) in [6.45, 7) is 0. The largest absolute Gasteiger partial charge is 0.248 e. The van der Waals surface area contributed by atoms with Crippen molar-refractivity contribution in [1.29, 1.82) is 0 Å². The molecule has 0 spiro atoms. The monoisotopic (exact) mass is 683 g/mol. The molecule has 0 radical (unpaired) electrons. The fourth-order valence-electron chi connectivity index (χ4n) is 8.72. The van der Waals surface area contributed by atoms with E-state index in [1.807, 2.05) is 0 Å². The first-order chi connectivity index (χ1) is 26.8. The lowest BCUT2D eigenvalue weighted by Crippen LogP contribution is -1.94. The second-order valence-electron chi connectivity index (χ2n) is 14.2. The molecule has 0 unspecified atom stereocenters. The van der Waals surface area contributed by atoms with Crippen LogP contribution in [0, 0.1) is 0 Å². The lowest BCUT2D eigenvalue weighted by molar-refractivity contribution is 1.32. The third-order valence-electron chi connectivity index (χ3n) is 11.2. The van der Waals surface area contributed by atoms with E-state index in [-0.39, 0.29) is 0 Å². The summed E-state index contributed by atoms with van der Waals surface area (Å²) in [5.74, 6) is 0. The first-order valence-corrected chi connectivity index (χ1v) is 18.6. The number of aromatic nitrogens is 1. The van der Waals surface area contributed by atoms with Gasteiger partial charge in [0.25, 0.3) is 0 Å². The summed E-state index contributed by atoms with van der Waals surface area (Å²) in [6, 6.07) is 72.9. The average Bonchev–Trinajstić information content (AvgIpc) is 3.26. The van der Waals surface area contributed by atoms with E-state index in [0.717, 1.165) is 28.1 Å². The maximum absolute atomic E-state index is 5.41. The van der Waals surface area contributed by atoms with Gasteiger partial charge < -0.3 is 0 Å². The van der Waals surface area contributed by atoms with Crippen molar-refractivity contribution >= 4 is 64.6 Å². The van der Waals surface area contributed by atoms with E-state index in [2.05, 4.69) is 200 Å². The molecule has 1 heteroatoms. The molecule has 54 heavy (non-hydrogen) atoms. The van der Waals surface area contributed by atoms with Crippen molar-refractivity contribution in [1.82, 2.24) is 4.98 Å². The molecule has 0 amide bonds. The van der Waals surface area contributed by atoms with Crippen LogP contribution in [-0.2, 0) is 0 Å². The maximum Gasteiger partial charge on any atom is 0.0716 e. The first kappa shape index (κ1) is 30.5. The van der Waals surface area contributed by atoms with E-state index in [0.29, 0.717) is 0 Å². The van der Waals surface area contributed by atoms with Crippen molar-refractivity contribution in [3.63, 3.8) is 0 Å². The Morgan fingerprint density at radius 2 is 0.630 bits per heavy atom. The zero-order chi connectivity index (χ0) is 35.6. The fraction of sp³-hybridized carbons (Fsp3) is 0. The van der Waals surface area contributed by atoms with Crippen molar-refractivity contribution in [2.75, 3.05) is 0 Å². The van der Waals surface area contributed by atoms with Gasteiger partial charge in [0.1, 0.15) is 0 Å². The molecule has 0 bridgehead atoms. The van der Waals surface area contributed by atoms with Crippen LogP contribution in [0.2, 0.25) is 0 Å². The Labute approximate surface area is 313 Å². The van der Waals surface area contributed by atoms with E-state index < -0.39 is 0 Å². The zero-order valence-corrected chi connectivity index (χ0v) is 29.5. The normalized spacial score (nSPS) is 11.7. The van der Waals surface area contributed by atoms with E-state index in [1.54, 1.807) is 0 Å². The third kappa shape index (κ3) is 4.83. The van der Waals surface area contributed by atoms with Gasteiger partial charge in [-0.1, -0.05) is 170 Å². The molecule has 250 valence electrons. The summed E-state index contributed by atoms with van der Waals surface area (Å²) in [5, 5.41) is 15.2. The lowest BCUT2D eigenvalue weighted by atomic mass is 9.86. The molecule has 0 aliphatic carbocycles. The highest BCUT2D eigenvalue weighted by atomic mass is 14.7. The van der Waals surface area contributed by atoms with Crippen molar-refractivity contribution in [3.05, 3.63) is 200 Å². The molecule has 0 aliphatic rings. The molecule has 0 N–H and O–H groups in total. The highest BCUT2D eigenvalue weighted by Gasteiger charge is 2.18. The number of nitrogens with zero attached hydrogens (tertiary/aromatic N) is 1. The van der Waals surface area contributed by atoms with Crippen LogP contribution in [0.25, 0.3) is 109 Å². The van der Waals surface area contributed by atoms with Gasteiger partial charge in [0, 0.05) is 11.1 Å². The molecular formula is C53H33N. The van der Waals surface area contributed by atoms with Crippen LogP contribution >= 0.6 is 0 Å². The molecule has 10 aromatic carbocycles. The predicted molar refractivity (Wildman–Crippen MR) is 231 cm³/mol. The highest BCUT2D eigenvalue weighted by Crippen LogP contribution is 2.45. The minimum absolute atomic E-state index is 0.952. The standard InChI is InChI=1S/C53H33N/c1-3-15-34(16-4-1)37-32-51(35-17-5-2-6-18-35)54-52(33-37)38-30-48(53-47-26-14-13-23-43(47)42-22-10-12-25-45(42)50(53)31-38)36-27-28-46-41-21-8-7-19-39(41)40-20-9-11-24-44(40)49(46)29-36/h1-33H. The van der Waals surface area contributed by atoms with E-state index in [9.17, 15) is 0 Å². The van der Waals surface area contributed by atoms with Gasteiger partial charge in [0.05, 0.1) is 11.4 Å². The molecule has 1 aromatic heterocycles. The van der Waals surface area contributed by atoms with Crippen molar-refractivity contribution < 1.29 is 0 Å². The Kier molecular flexibility index (Phi) is 6.93. The quantitative estimate of drug-likeness (QED) is 0.168. The number of hydrogen-bond donors (Lipinski definition) is 0. The minimum atomic E-state index is 0.952. The highest BCUT2D eigenvalue weighted by molar-refractivity contribution is 6.30. The summed E-state index contributed by atoms with van der Waals surface area (Å²) in [4.78, 5) is 5.41. The first-order valence-electron chi connectivity index (χ1n) is 18.6. The number of benzene rings is 10. The molecule has 11 rings (SSSR count). The average molecular weight is 684 g/mol. The Hall–Kier alpha value is -7.09. The second-order valence-corrected chi connectivity index (χ2v) is 14.2. The second kappa shape index (κ2) is 12.3. The van der Waals surface area contributed by atoms with Crippen LogP contribution in [0.1, 0.15) is 0 Å². The van der Waals surface area contributed by atoms with Crippen LogP contribution in [0.15, 0.2) is 200 Å². The zero-order valence-electron chi connectivity index (χ0n) is 29.5. The smallest absolute Gasteiger partial charge is 0.0716 e. The number of pyridine rings is 1. The molecule has 1 nitrogen and oxygen atoms in total. The van der Waals surface area contributed by atoms with Crippen LogP contribution in [0.3, 0.4) is 0 Å². The van der Waals surface area contributed by atoms with Gasteiger partial charge in [-0.05, 0) is 117 Å². The minimum Gasteiger partial charge on any atom is -0.248 e. The van der Waals surface area contributed by atoms with Gasteiger partial charge >= 0.3 is 0 Å². The Balaban J connectivity index is 1.27. The van der Waals surface area contributed by atoms with Gasteiger partial charge in [0.15, 0.2) is 0 Å². The molecule has 0 aliphatic heterocycles. The summed E-state index contributed by atoms with van der Waals surface area (Å²) < 4.78 is 0. The topological polar surface area (TPSA) is 12.9 Å². The summed E-state index contributed by atoms with van der Waals surface area (Å²) >= 11 is 0. The molecule has 11 aromatic rings. The van der Waals surface area contributed by atoms with Gasteiger partial charge in [-0.3, -0.25) is 0 Å². The van der Waals surface area contributed by atoms with Crippen molar-refractivity contribution in [3.8, 4) is 44.8 Å². The number of rotatable bonds is 4. The molecule has 1 heterocycles. The molecule has 0 fully saturated rings. The Bertz CT molecular complexity index is 3160. The summed E-state index contributed by atoms with van der Waals surface area (Å²) in [6.07, 6.45) is 0.